The predicted molar refractivity (Wildman–Crippen MR) is 69.0 cm³/mol. The molecule has 2 rings (SSSR count). The second-order valence-corrected chi connectivity index (χ2v) is 5.76. The van der Waals surface area contributed by atoms with Gasteiger partial charge in [0, 0.05) is 6.54 Å². The average Bonchev–Trinajstić information content (AvgIpc) is 2.88. The first kappa shape index (κ1) is 13.7. The Balaban J connectivity index is 1.86. The molecule has 102 valence electrons. The molecule has 0 amide bonds. The Morgan fingerprint density at radius 1 is 1.16 bits per heavy atom. The highest BCUT2D eigenvalue weighted by Crippen LogP contribution is 2.13. The Morgan fingerprint density at radius 3 is 2.42 bits per heavy atom. The number of hydrogen-bond acceptors (Lipinski definition) is 5. The van der Waals surface area contributed by atoms with Crippen LogP contribution in [-0.2, 0) is 20.8 Å². The first-order chi connectivity index (χ1) is 9.08. The van der Waals surface area contributed by atoms with E-state index in [4.69, 9.17) is 4.18 Å². The van der Waals surface area contributed by atoms with Gasteiger partial charge in [-0.05, 0) is 25.5 Å². The highest BCUT2D eigenvalue weighted by Gasteiger charge is 2.14. The molecule has 0 saturated heterocycles. The average molecular weight is 281 g/mol. The minimum absolute atomic E-state index is 0.133. The maximum Gasteiger partial charge on any atom is 0.296 e. The highest BCUT2D eigenvalue weighted by molar-refractivity contribution is 7.86. The quantitative estimate of drug-likeness (QED) is 0.591. The highest BCUT2D eigenvalue weighted by atomic mass is 32.2. The fourth-order valence-electron chi connectivity index (χ4n) is 1.53. The second kappa shape index (κ2) is 5.94. The van der Waals surface area contributed by atoms with Crippen molar-refractivity contribution in [2.75, 3.05) is 6.61 Å². The maximum absolute atomic E-state index is 11.9. The number of aromatic nitrogens is 3. The zero-order valence-corrected chi connectivity index (χ0v) is 11.4. The Bertz CT molecular complexity index is 606. The zero-order valence-electron chi connectivity index (χ0n) is 10.6. The topological polar surface area (TPSA) is 74.1 Å². The van der Waals surface area contributed by atoms with Crippen LogP contribution < -0.4 is 0 Å². The van der Waals surface area contributed by atoms with Crippen molar-refractivity contribution in [3.63, 3.8) is 0 Å². The van der Waals surface area contributed by atoms with Gasteiger partial charge in [-0.1, -0.05) is 17.7 Å². The number of benzene rings is 1. The molecule has 0 unspecified atom stereocenters. The molecular weight excluding hydrogens is 266 g/mol. The van der Waals surface area contributed by atoms with E-state index in [2.05, 4.69) is 10.2 Å². The van der Waals surface area contributed by atoms with Crippen molar-refractivity contribution >= 4 is 10.1 Å². The van der Waals surface area contributed by atoms with Crippen LogP contribution in [-0.4, -0.2) is 29.8 Å². The van der Waals surface area contributed by atoms with Crippen LogP contribution in [0.5, 0.6) is 0 Å². The first-order valence-corrected chi connectivity index (χ1v) is 7.27. The predicted octanol–water partition coefficient (Wildman–Crippen LogP) is 1.38. The van der Waals surface area contributed by atoms with Crippen LogP contribution in [0.2, 0.25) is 0 Å². The molecule has 0 radical (unpaired) electrons. The van der Waals surface area contributed by atoms with E-state index in [1.807, 2.05) is 6.92 Å². The van der Waals surface area contributed by atoms with Crippen molar-refractivity contribution in [2.45, 2.75) is 24.8 Å². The Hall–Kier alpha value is -1.73. The lowest BCUT2D eigenvalue weighted by molar-refractivity contribution is 0.304. The first-order valence-electron chi connectivity index (χ1n) is 5.86. The van der Waals surface area contributed by atoms with Gasteiger partial charge in [-0.25, -0.2) is 0 Å². The largest absolute Gasteiger partial charge is 0.320 e. The van der Waals surface area contributed by atoms with Crippen LogP contribution in [0, 0.1) is 6.92 Å². The molecule has 19 heavy (non-hydrogen) atoms. The molecule has 0 spiro atoms. The standard InChI is InChI=1S/C12H15N3O3S/c1-11-3-5-12(6-4-11)19(16,17)18-8-2-7-15-9-13-14-10-15/h3-6,9-10H,2,7-8H2,1H3. The summed E-state index contributed by atoms with van der Waals surface area (Å²) in [6, 6.07) is 6.58. The molecule has 7 heteroatoms. The van der Waals surface area contributed by atoms with E-state index in [1.165, 1.54) is 0 Å². The van der Waals surface area contributed by atoms with Gasteiger partial charge < -0.3 is 4.57 Å². The van der Waals surface area contributed by atoms with E-state index in [9.17, 15) is 8.42 Å². The summed E-state index contributed by atoms with van der Waals surface area (Å²) in [4.78, 5) is 0.183. The monoisotopic (exact) mass is 281 g/mol. The molecule has 0 aliphatic heterocycles. The van der Waals surface area contributed by atoms with E-state index in [0.29, 0.717) is 13.0 Å². The van der Waals surface area contributed by atoms with E-state index in [0.717, 1.165) is 5.56 Å². The van der Waals surface area contributed by atoms with Crippen LogP contribution in [0.4, 0.5) is 0 Å². The molecule has 0 saturated carbocycles. The van der Waals surface area contributed by atoms with Crippen molar-refractivity contribution < 1.29 is 12.6 Å². The van der Waals surface area contributed by atoms with Crippen molar-refractivity contribution in [1.82, 2.24) is 14.8 Å². The van der Waals surface area contributed by atoms with E-state index < -0.39 is 10.1 Å². The minimum atomic E-state index is -3.66. The lowest BCUT2D eigenvalue weighted by Crippen LogP contribution is -2.09. The van der Waals surface area contributed by atoms with Crippen molar-refractivity contribution in [3.8, 4) is 0 Å². The van der Waals surface area contributed by atoms with E-state index >= 15 is 0 Å². The molecule has 1 heterocycles. The van der Waals surface area contributed by atoms with Crippen molar-refractivity contribution in [3.05, 3.63) is 42.5 Å². The molecule has 0 bridgehead atoms. The summed E-state index contributed by atoms with van der Waals surface area (Å²) in [5.74, 6) is 0. The summed E-state index contributed by atoms with van der Waals surface area (Å²) in [5, 5.41) is 7.32. The van der Waals surface area contributed by atoms with Gasteiger partial charge >= 0.3 is 0 Å². The van der Waals surface area contributed by atoms with E-state index in [1.54, 1.807) is 41.5 Å². The van der Waals surface area contributed by atoms with Gasteiger partial charge in [0.2, 0.25) is 0 Å². The van der Waals surface area contributed by atoms with Crippen LogP contribution in [0.1, 0.15) is 12.0 Å². The van der Waals surface area contributed by atoms with Gasteiger partial charge in [-0.15, -0.1) is 10.2 Å². The third-order valence-electron chi connectivity index (χ3n) is 2.58. The number of aryl methyl sites for hydroxylation is 2. The van der Waals surface area contributed by atoms with E-state index in [-0.39, 0.29) is 11.5 Å². The summed E-state index contributed by atoms with van der Waals surface area (Å²) in [5.41, 5.74) is 1.01. The minimum Gasteiger partial charge on any atom is -0.320 e. The summed E-state index contributed by atoms with van der Waals surface area (Å²) >= 11 is 0. The van der Waals surface area contributed by atoms with Crippen LogP contribution in [0.15, 0.2) is 41.8 Å². The molecule has 0 fully saturated rings. The lowest BCUT2D eigenvalue weighted by Gasteiger charge is -2.06. The fraction of sp³-hybridized carbons (Fsp3) is 0.333. The molecule has 1 aromatic heterocycles. The smallest absolute Gasteiger partial charge is 0.296 e. The number of nitrogens with zero attached hydrogens (tertiary/aromatic N) is 3. The van der Waals surface area contributed by atoms with Gasteiger partial charge in [-0.2, -0.15) is 8.42 Å². The van der Waals surface area contributed by atoms with Crippen molar-refractivity contribution in [1.29, 1.82) is 0 Å². The van der Waals surface area contributed by atoms with Gasteiger partial charge in [0.1, 0.15) is 12.7 Å². The van der Waals surface area contributed by atoms with Gasteiger partial charge in [-0.3, -0.25) is 4.18 Å². The molecule has 0 atom stereocenters. The Labute approximate surface area is 112 Å². The Morgan fingerprint density at radius 2 is 1.79 bits per heavy atom. The summed E-state index contributed by atoms with van der Waals surface area (Å²) < 4.78 is 30.4. The number of hydrogen-bond donors (Lipinski definition) is 0. The third kappa shape index (κ3) is 3.87. The number of rotatable bonds is 6. The molecule has 1 aromatic carbocycles. The zero-order chi connectivity index (χ0) is 13.7. The maximum atomic E-state index is 11.9. The van der Waals surface area contributed by atoms with Crippen LogP contribution in [0.25, 0.3) is 0 Å². The van der Waals surface area contributed by atoms with Crippen LogP contribution in [0.3, 0.4) is 0 Å². The van der Waals surface area contributed by atoms with Gasteiger partial charge in [0.25, 0.3) is 10.1 Å². The summed E-state index contributed by atoms with van der Waals surface area (Å²) in [6.45, 7) is 2.65. The molecule has 6 nitrogen and oxygen atoms in total. The summed E-state index contributed by atoms with van der Waals surface area (Å²) in [7, 11) is -3.66. The normalized spacial score (nSPS) is 11.6. The third-order valence-corrected chi connectivity index (χ3v) is 3.90. The molecule has 0 N–H and O–H groups in total. The molecule has 2 aromatic rings. The summed E-state index contributed by atoms with van der Waals surface area (Å²) in [6.07, 6.45) is 3.73. The van der Waals surface area contributed by atoms with Crippen molar-refractivity contribution in [2.24, 2.45) is 0 Å². The molecule has 0 aliphatic carbocycles. The van der Waals surface area contributed by atoms with Crippen LogP contribution >= 0.6 is 0 Å². The molecule has 0 aliphatic rings. The fourth-order valence-corrected chi connectivity index (χ4v) is 2.47. The molecular formula is C12H15N3O3S. The van der Waals surface area contributed by atoms with Gasteiger partial charge in [0.05, 0.1) is 11.5 Å². The van der Waals surface area contributed by atoms with Gasteiger partial charge in [0.15, 0.2) is 0 Å². The Kier molecular flexibility index (Phi) is 4.28. The second-order valence-electron chi connectivity index (χ2n) is 4.14. The SMILES string of the molecule is Cc1ccc(S(=O)(=O)OCCCn2cnnc2)cc1. The lowest BCUT2D eigenvalue weighted by atomic mass is 10.2.